The fraction of sp³-hybridized carbons (Fsp3) is 0.294. The van der Waals surface area contributed by atoms with Gasteiger partial charge in [0.1, 0.15) is 11.5 Å². The number of nitrogens with one attached hydrogen (secondary N) is 1. The van der Waals surface area contributed by atoms with Crippen LogP contribution in [-0.4, -0.2) is 25.3 Å². The minimum absolute atomic E-state index is 0.332. The number of carbonyl (C=O) groups is 1. The number of halogens is 1. The Kier molecular flexibility index (Phi) is 4.76. The van der Waals surface area contributed by atoms with E-state index in [1.165, 1.54) is 6.21 Å². The smallest absolute Gasteiger partial charge is 0.274 e. The third kappa shape index (κ3) is 3.54. The number of nitrogens with zero attached hydrogens (tertiary/aromatic N) is 1. The molecular formula is C17H17ClN2O4. The Morgan fingerprint density at radius 3 is 2.79 bits per heavy atom. The summed E-state index contributed by atoms with van der Waals surface area (Å²) in [6.45, 7) is 4.65. The second-order valence-corrected chi connectivity index (χ2v) is 5.81. The standard InChI is InChI=1S/C17H17ClN2O4/c1-10-6-13(11(2)24-10)17(21)20-19-9-12-7-14(18)16-15(8-12)22-4-3-5-23-16/h6-9H,3-5H2,1-2H3,(H,20,21)/b19-9-. The molecule has 0 saturated carbocycles. The number of hydrogen-bond donors (Lipinski definition) is 1. The minimum atomic E-state index is -0.332. The number of rotatable bonds is 3. The maximum Gasteiger partial charge on any atom is 0.274 e. The zero-order chi connectivity index (χ0) is 17.1. The summed E-state index contributed by atoms with van der Waals surface area (Å²) in [6, 6.07) is 5.15. The normalized spacial score (nSPS) is 13.8. The summed E-state index contributed by atoms with van der Waals surface area (Å²) >= 11 is 6.21. The van der Waals surface area contributed by atoms with Crippen molar-refractivity contribution >= 4 is 23.7 Å². The number of benzene rings is 1. The molecule has 1 aliphatic rings. The Morgan fingerprint density at radius 1 is 1.25 bits per heavy atom. The van der Waals surface area contributed by atoms with Gasteiger partial charge in [-0.05, 0) is 37.6 Å². The molecule has 0 atom stereocenters. The molecule has 0 unspecified atom stereocenters. The molecule has 2 aromatic rings. The molecule has 0 aliphatic carbocycles. The first-order valence-corrected chi connectivity index (χ1v) is 7.92. The number of aryl methyl sites for hydroxylation is 2. The molecule has 0 fully saturated rings. The maximum absolute atomic E-state index is 12.1. The monoisotopic (exact) mass is 348 g/mol. The largest absolute Gasteiger partial charge is 0.489 e. The van der Waals surface area contributed by atoms with Crippen molar-refractivity contribution in [1.29, 1.82) is 0 Å². The number of ether oxygens (including phenoxy) is 2. The van der Waals surface area contributed by atoms with Gasteiger partial charge in [-0.25, -0.2) is 5.43 Å². The van der Waals surface area contributed by atoms with Gasteiger partial charge < -0.3 is 13.9 Å². The van der Waals surface area contributed by atoms with Gasteiger partial charge in [-0.3, -0.25) is 4.79 Å². The minimum Gasteiger partial charge on any atom is -0.489 e. The van der Waals surface area contributed by atoms with Crippen LogP contribution in [0.5, 0.6) is 11.5 Å². The molecule has 6 nitrogen and oxygen atoms in total. The van der Waals surface area contributed by atoms with Crippen LogP contribution in [0.25, 0.3) is 0 Å². The first-order chi connectivity index (χ1) is 11.5. The number of hydrogen-bond acceptors (Lipinski definition) is 5. The second kappa shape index (κ2) is 6.97. The van der Waals surface area contributed by atoms with Crippen LogP contribution in [0.3, 0.4) is 0 Å². The Labute approximate surface area is 144 Å². The van der Waals surface area contributed by atoms with Crippen molar-refractivity contribution in [3.8, 4) is 11.5 Å². The van der Waals surface area contributed by atoms with E-state index < -0.39 is 0 Å². The zero-order valence-corrected chi connectivity index (χ0v) is 14.1. The Morgan fingerprint density at radius 2 is 2.04 bits per heavy atom. The maximum atomic E-state index is 12.1. The number of amides is 1. The third-order valence-electron chi connectivity index (χ3n) is 3.49. The SMILES string of the molecule is Cc1cc(C(=O)N/N=C\c2cc(Cl)c3c(c2)OCCCO3)c(C)o1. The predicted octanol–water partition coefficient (Wildman–Crippen LogP) is 3.48. The Balaban J connectivity index is 1.73. The van der Waals surface area contributed by atoms with Crippen molar-refractivity contribution in [2.75, 3.05) is 13.2 Å². The van der Waals surface area contributed by atoms with E-state index in [0.717, 1.165) is 6.42 Å². The van der Waals surface area contributed by atoms with Gasteiger partial charge in [-0.15, -0.1) is 0 Å². The van der Waals surface area contributed by atoms with Gasteiger partial charge in [0.25, 0.3) is 5.91 Å². The summed E-state index contributed by atoms with van der Waals surface area (Å²) in [6.07, 6.45) is 2.30. The van der Waals surface area contributed by atoms with Crippen molar-refractivity contribution < 1.29 is 18.7 Å². The van der Waals surface area contributed by atoms with Gasteiger partial charge in [0.15, 0.2) is 11.5 Å². The number of fused-ring (bicyclic) bond motifs is 1. The van der Waals surface area contributed by atoms with E-state index in [0.29, 0.717) is 52.4 Å². The van der Waals surface area contributed by atoms with Crippen LogP contribution < -0.4 is 14.9 Å². The van der Waals surface area contributed by atoms with Gasteiger partial charge >= 0.3 is 0 Å². The van der Waals surface area contributed by atoms with Crippen LogP contribution in [0.15, 0.2) is 27.7 Å². The molecule has 1 N–H and O–H groups in total. The predicted molar refractivity (Wildman–Crippen MR) is 90.3 cm³/mol. The summed E-state index contributed by atoms with van der Waals surface area (Å²) in [5.74, 6) is 2.02. The lowest BCUT2D eigenvalue weighted by atomic mass is 10.2. The highest BCUT2D eigenvalue weighted by atomic mass is 35.5. The molecular weight excluding hydrogens is 332 g/mol. The van der Waals surface area contributed by atoms with E-state index in [-0.39, 0.29) is 5.91 Å². The molecule has 0 bridgehead atoms. The summed E-state index contributed by atoms with van der Waals surface area (Å²) in [5, 5.41) is 4.41. The summed E-state index contributed by atoms with van der Waals surface area (Å²) < 4.78 is 16.5. The topological polar surface area (TPSA) is 73.1 Å². The Hall–Kier alpha value is -2.47. The van der Waals surface area contributed by atoms with Crippen molar-refractivity contribution in [2.45, 2.75) is 20.3 Å². The first kappa shape index (κ1) is 16.4. The number of furan rings is 1. The molecule has 1 aromatic carbocycles. The summed E-state index contributed by atoms with van der Waals surface area (Å²) in [7, 11) is 0. The van der Waals surface area contributed by atoms with E-state index in [1.807, 2.05) is 0 Å². The van der Waals surface area contributed by atoms with Crippen molar-refractivity contribution in [1.82, 2.24) is 5.43 Å². The van der Waals surface area contributed by atoms with Gasteiger partial charge in [0.05, 0.1) is 30.0 Å². The highest BCUT2D eigenvalue weighted by molar-refractivity contribution is 6.32. The molecule has 0 saturated heterocycles. The van der Waals surface area contributed by atoms with Gasteiger partial charge in [0, 0.05) is 6.42 Å². The molecule has 2 heterocycles. The molecule has 0 radical (unpaired) electrons. The van der Waals surface area contributed by atoms with Gasteiger partial charge in [0.2, 0.25) is 0 Å². The number of carbonyl (C=O) groups excluding carboxylic acids is 1. The van der Waals surface area contributed by atoms with Gasteiger partial charge in [-0.1, -0.05) is 11.6 Å². The molecule has 7 heteroatoms. The van der Waals surface area contributed by atoms with Crippen molar-refractivity contribution in [3.05, 3.63) is 45.9 Å². The van der Waals surface area contributed by atoms with E-state index in [1.54, 1.807) is 32.0 Å². The number of hydrazone groups is 1. The Bertz CT molecular complexity index is 798. The van der Waals surface area contributed by atoms with Crippen LogP contribution in [0.2, 0.25) is 5.02 Å². The molecule has 126 valence electrons. The van der Waals surface area contributed by atoms with Crippen LogP contribution in [0.1, 0.15) is 33.9 Å². The molecule has 0 spiro atoms. The quantitative estimate of drug-likeness (QED) is 0.680. The van der Waals surface area contributed by atoms with E-state index >= 15 is 0 Å². The molecule has 24 heavy (non-hydrogen) atoms. The van der Waals surface area contributed by atoms with Crippen LogP contribution >= 0.6 is 11.6 Å². The van der Waals surface area contributed by atoms with Crippen LogP contribution in [0.4, 0.5) is 0 Å². The van der Waals surface area contributed by atoms with Crippen LogP contribution in [0, 0.1) is 13.8 Å². The van der Waals surface area contributed by atoms with Crippen molar-refractivity contribution in [3.63, 3.8) is 0 Å². The lowest BCUT2D eigenvalue weighted by Gasteiger charge is -2.09. The fourth-order valence-corrected chi connectivity index (χ4v) is 2.68. The van der Waals surface area contributed by atoms with E-state index in [2.05, 4.69) is 10.5 Å². The van der Waals surface area contributed by atoms with Crippen LogP contribution in [-0.2, 0) is 0 Å². The lowest BCUT2D eigenvalue weighted by Crippen LogP contribution is -2.17. The highest BCUT2D eigenvalue weighted by Gasteiger charge is 2.15. The van der Waals surface area contributed by atoms with E-state index in [9.17, 15) is 4.79 Å². The fourth-order valence-electron chi connectivity index (χ4n) is 2.41. The second-order valence-electron chi connectivity index (χ2n) is 5.41. The molecule has 1 aromatic heterocycles. The molecule has 1 amide bonds. The molecule has 1 aliphatic heterocycles. The first-order valence-electron chi connectivity index (χ1n) is 7.54. The summed E-state index contributed by atoms with van der Waals surface area (Å²) in [4.78, 5) is 12.1. The summed E-state index contributed by atoms with van der Waals surface area (Å²) in [5.41, 5.74) is 3.63. The lowest BCUT2D eigenvalue weighted by molar-refractivity contribution is 0.0953. The van der Waals surface area contributed by atoms with Gasteiger partial charge in [-0.2, -0.15) is 5.10 Å². The zero-order valence-electron chi connectivity index (χ0n) is 13.4. The average molecular weight is 349 g/mol. The molecule has 3 rings (SSSR count). The third-order valence-corrected chi connectivity index (χ3v) is 3.77. The van der Waals surface area contributed by atoms with Crippen molar-refractivity contribution in [2.24, 2.45) is 5.10 Å². The van der Waals surface area contributed by atoms with E-state index in [4.69, 9.17) is 25.5 Å². The highest BCUT2D eigenvalue weighted by Crippen LogP contribution is 2.37. The average Bonchev–Trinajstić information content (AvgIpc) is 2.73.